The Bertz CT molecular complexity index is 1010. The van der Waals surface area contributed by atoms with Gasteiger partial charge < -0.3 is 9.84 Å². The second kappa shape index (κ2) is 9.87. The third kappa shape index (κ3) is 5.22. The molecule has 1 atom stereocenters. The summed E-state index contributed by atoms with van der Waals surface area (Å²) in [5, 5.41) is 27.8. The first-order valence-corrected chi connectivity index (χ1v) is 9.83. The molecule has 0 amide bonds. The lowest BCUT2D eigenvalue weighted by atomic mass is 10.2. The van der Waals surface area contributed by atoms with Gasteiger partial charge in [0.05, 0.1) is 23.3 Å². The predicted octanol–water partition coefficient (Wildman–Crippen LogP) is 3.67. The molecule has 1 unspecified atom stereocenters. The highest BCUT2D eigenvalue weighted by molar-refractivity contribution is 7.99. The number of rotatable bonds is 9. The van der Waals surface area contributed by atoms with E-state index in [1.807, 2.05) is 6.07 Å². The molecule has 2 aromatic carbocycles. The van der Waals surface area contributed by atoms with E-state index in [4.69, 9.17) is 10.00 Å². The third-order valence-corrected chi connectivity index (χ3v) is 5.09. The minimum atomic E-state index is -0.749. The predicted molar refractivity (Wildman–Crippen MR) is 109 cm³/mol. The Hall–Kier alpha value is -3.15. The second-order valence-electron chi connectivity index (χ2n) is 6.10. The first kappa shape index (κ1) is 20.6. The highest BCUT2D eigenvalue weighted by Gasteiger charge is 2.17. The van der Waals surface area contributed by atoms with Crippen LogP contribution in [0.3, 0.4) is 0 Å². The molecule has 1 heterocycles. The van der Waals surface area contributed by atoms with Crippen molar-refractivity contribution in [2.45, 2.75) is 17.8 Å². The zero-order valence-corrected chi connectivity index (χ0v) is 16.3. The van der Waals surface area contributed by atoms with Gasteiger partial charge in [-0.15, -0.1) is 16.8 Å². The number of aromatic nitrogens is 3. The molecule has 0 bridgehead atoms. The lowest BCUT2D eigenvalue weighted by Crippen LogP contribution is -2.20. The van der Waals surface area contributed by atoms with Crippen LogP contribution in [0.5, 0.6) is 5.75 Å². The zero-order chi connectivity index (χ0) is 20.6. The number of nitrogens with zero attached hydrogens (tertiary/aromatic N) is 4. The molecule has 0 saturated carbocycles. The normalized spacial score (nSPS) is 11.6. The Morgan fingerprint density at radius 2 is 2.00 bits per heavy atom. The van der Waals surface area contributed by atoms with Crippen molar-refractivity contribution in [3.63, 3.8) is 0 Å². The van der Waals surface area contributed by atoms with Crippen molar-refractivity contribution in [3.8, 4) is 23.2 Å². The van der Waals surface area contributed by atoms with Gasteiger partial charge in [0, 0.05) is 12.3 Å². The molecule has 3 aromatic rings. The largest absolute Gasteiger partial charge is 0.491 e. The van der Waals surface area contributed by atoms with Gasteiger partial charge in [0.2, 0.25) is 0 Å². The maximum absolute atomic E-state index is 14.1. The minimum absolute atomic E-state index is 0.0919. The molecule has 0 radical (unpaired) electrons. The summed E-state index contributed by atoms with van der Waals surface area (Å²) in [6, 6.07) is 15.1. The molecule has 1 N–H and O–H groups in total. The molecule has 6 nitrogen and oxygen atoms in total. The van der Waals surface area contributed by atoms with Gasteiger partial charge in [-0.05, 0) is 36.4 Å². The molecule has 1 aromatic heterocycles. The number of nitriles is 1. The van der Waals surface area contributed by atoms with Gasteiger partial charge in [0.1, 0.15) is 18.2 Å². The van der Waals surface area contributed by atoms with E-state index in [0.717, 1.165) is 0 Å². The second-order valence-corrected chi connectivity index (χ2v) is 7.08. The molecule has 3 rings (SSSR count). The summed E-state index contributed by atoms with van der Waals surface area (Å²) in [5.74, 6) is 0.930. The average Bonchev–Trinajstić information content (AvgIpc) is 3.14. The van der Waals surface area contributed by atoms with Crippen LogP contribution in [0.1, 0.15) is 5.56 Å². The smallest absolute Gasteiger partial charge is 0.191 e. The van der Waals surface area contributed by atoms with E-state index < -0.39 is 6.10 Å². The molecule has 148 valence electrons. The Balaban J connectivity index is 1.63. The van der Waals surface area contributed by atoms with E-state index in [-0.39, 0.29) is 12.4 Å². The highest BCUT2D eigenvalue weighted by atomic mass is 32.2. The van der Waals surface area contributed by atoms with Crippen LogP contribution in [0.25, 0.3) is 11.4 Å². The van der Waals surface area contributed by atoms with Crippen molar-refractivity contribution in [1.82, 2.24) is 14.8 Å². The van der Waals surface area contributed by atoms with Gasteiger partial charge >= 0.3 is 0 Å². The SMILES string of the molecule is C=CCn1c(SCC(O)COc2ccc(C#N)cc2)nnc1-c1ccccc1F. The van der Waals surface area contributed by atoms with Crippen LogP contribution in [0.15, 0.2) is 66.3 Å². The van der Waals surface area contributed by atoms with Crippen molar-refractivity contribution >= 4 is 11.8 Å². The summed E-state index contributed by atoms with van der Waals surface area (Å²) in [7, 11) is 0. The molecule has 8 heteroatoms. The van der Waals surface area contributed by atoms with E-state index in [1.54, 1.807) is 53.1 Å². The van der Waals surface area contributed by atoms with E-state index in [0.29, 0.717) is 40.2 Å². The molecular formula is C21H19FN4O2S. The van der Waals surface area contributed by atoms with Crippen LogP contribution in [-0.2, 0) is 6.54 Å². The number of allylic oxidation sites excluding steroid dienone is 1. The van der Waals surface area contributed by atoms with Crippen LogP contribution < -0.4 is 4.74 Å². The number of benzene rings is 2. The molecule has 0 spiro atoms. The van der Waals surface area contributed by atoms with Crippen molar-refractivity contribution < 1.29 is 14.2 Å². The fraction of sp³-hybridized carbons (Fsp3) is 0.190. The summed E-state index contributed by atoms with van der Waals surface area (Å²) in [6.45, 7) is 4.24. The van der Waals surface area contributed by atoms with Gasteiger partial charge in [-0.1, -0.05) is 30.0 Å². The molecule has 0 fully saturated rings. The lowest BCUT2D eigenvalue weighted by Gasteiger charge is -2.13. The number of hydrogen-bond donors (Lipinski definition) is 1. The van der Waals surface area contributed by atoms with Crippen LogP contribution in [-0.4, -0.2) is 38.3 Å². The summed E-state index contributed by atoms with van der Waals surface area (Å²) in [4.78, 5) is 0. The van der Waals surface area contributed by atoms with Crippen LogP contribution in [0.2, 0.25) is 0 Å². The Kier molecular flexibility index (Phi) is 7.00. The maximum atomic E-state index is 14.1. The fourth-order valence-electron chi connectivity index (χ4n) is 2.57. The summed E-state index contributed by atoms with van der Waals surface area (Å²) >= 11 is 1.30. The van der Waals surface area contributed by atoms with Crippen LogP contribution in [0.4, 0.5) is 4.39 Å². The standard InChI is InChI=1S/C21H19FN4O2S/c1-2-11-26-20(18-5-3-4-6-19(18)22)24-25-21(26)29-14-16(27)13-28-17-9-7-15(12-23)8-10-17/h2-10,16,27H,1,11,13-14H2. The number of hydrogen-bond acceptors (Lipinski definition) is 6. The molecule has 0 aliphatic rings. The Morgan fingerprint density at radius 3 is 2.69 bits per heavy atom. The van der Waals surface area contributed by atoms with Crippen LogP contribution in [0, 0.1) is 17.1 Å². The van der Waals surface area contributed by atoms with E-state index >= 15 is 0 Å². The van der Waals surface area contributed by atoms with Gasteiger partial charge in [-0.2, -0.15) is 5.26 Å². The van der Waals surface area contributed by atoms with E-state index in [9.17, 15) is 9.50 Å². The average molecular weight is 410 g/mol. The summed E-state index contributed by atoms with van der Waals surface area (Å²) < 4.78 is 21.4. The quantitative estimate of drug-likeness (QED) is 0.428. The van der Waals surface area contributed by atoms with Crippen molar-refractivity contribution in [3.05, 3.63) is 72.6 Å². The molecular weight excluding hydrogens is 391 g/mol. The maximum Gasteiger partial charge on any atom is 0.191 e. The Morgan fingerprint density at radius 1 is 1.24 bits per heavy atom. The van der Waals surface area contributed by atoms with E-state index in [2.05, 4.69) is 16.8 Å². The van der Waals surface area contributed by atoms with Gasteiger partial charge in [0.25, 0.3) is 0 Å². The summed E-state index contributed by atoms with van der Waals surface area (Å²) in [5.41, 5.74) is 0.902. The fourth-order valence-corrected chi connectivity index (χ4v) is 3.42. The first-order valence-electron chi connectivity index (χ1n) is 8.85. The Labute approximate surface area is 172 Å². The number of aliphatic hydroxyl groups excluding tert-OH is 1. The minimum Gasteiger partial charge on any atom is -0.491 e. The summed E-state index contributed by atoms with van der Waals surface area (Å²) in [6.07, 6.45) is 0.934. The van der Waals surface area contributed by atoms with Gasteiger partial charge in [0.15, 0.2) is 11.0 Å². The molecule has 0 aliphatic carbocycles. The van der Waals surface area contributed by atoms with Crippen molar-refractivity contribution in [2.24, 2.45) is 0 Å². The topological polar surface area (TPSA) is 84.0 Å². The molecule has 0 saturated heterocycles. The van der Waals surface area contributed by atoms with Gasteiger partial charge in [-0.3, -0.25) is 4.57 Å². The highest BCUT2D eigenvalue weighted by Crippen LogP contribution is 2.26. The molecule has 29 heavy (non-hydrogen) atoms. The van der Waals surface area contributed by atoms with Crippen LogP contribution >= 0.6 is 11.8 Å². The number of halogens is 1. The lowest BCUT2D eigenvalue weighted by molar-refractivity contribution is 0.126. The monoisotopic (exact) mass is 410 g/mol. The number of thioether (sulfide) groups is 1. The number of aliphatic hydroxyl groups is 1. The van der Waals surface area contributed by atoms with E-state index in [1.165, 1.54) is 17.8 Å². The van der Waals surface area contributed by atoms with Crippen molar-refractivity contribution in [2.75, 3.05) is 12.4 Å². The zero-order valence-electron chi connectivity index (χ0n) is 15.5. The molecule has 0 aliphatic heterocycles. The third-order valence-electron chi connectivity index (χ3n) is 3.97. The first-order chi connectivity index (χ1) is 14.1. The van der Waals surface area contributed by atoms with Crippen molar-refractivity contribution in [1.29, 1.82) is 5.26 Å². The number of ether oxygens (including phenoxy) is 1. The van der Waals surface area contributed by atoms with Gasteiger partial charge in [-0.25, -0.2) is 4.39 Å².